The lowest BCUT2D eigenvalue weighted by atomic mass is 10.1. The number of ether oxygens (including phenoxy) is 1. The number of hydrogen-bond acceptors (Lipinski definition) is 1. The van der Waals surface area contributed by atoms with E-state index < -0.39 is 7.26 Å². The quantitative estimate of drug-likeness (QED) is 0.158. The highest BCUT2D eigenvalue weighted by atomic mass is 31.2. The molecule has 2 heteroatoms. The molecule has 0 aromatic heterocycles. The zero-order chi connectivity index (χ0) is 23.0. The summed E-state index contributed by atoms with van der Waals surface area (Å²) in [7, 11) is -1.65. The summed E-state index contributed by atoms with van der Waals surface area (Å²) in [5.74, 6) is 0. The van der Waals surface area contributed by atoms with E-state index in [9.17, 15) is 0 Å². The second-order valence-electron chi connectivity index (χ2n) is 8.98. The van der Waals surface area contributed by atoms with E-state index in [2.05, 4.69) is 97.9 Å². The molecular formula is C31H42OP+. The number of benzene rings is 3. The van der Waals surface area contributed by atoms with Crippen molar-refractivity contribution in [2.24, 2.45) is 0 Å². The first-order valence-corrected chi connectivity index (χ1v) is 15.0. The summed E-state index contributed by atoms with van der Waals surface area (Å²) in [6.07, 6.45) is 12.8. The van der Waals surface area contributed by atoms with Crippen LogP contribution in [-0.2, 0) is 4.74 Å². The van der Waals surface area contributed by atoms with Gasteiger partial charge in [-0.3, -0.25) is 0 Å². The molecule has 1 nitrogen and oxygen atoms in total. The van der Waals surface area contributed by atoms with Gasteiger partial charge in [-0.1, -0.05) is 93.6 Å². The van der Waals surface area contributed by atoms with Crippen LogP contribution in [0.25, 0.3) is 0 Å². The molecule has 0 N–H and O–H groups in total. The first-order chi connectivity index (χ1) is 16.4. The number of unbranched alkanes of at least 4 members (excludes halogenated alkanes) is 7. The van der Waals surface area contributed by atoms with Gasteiger partial charge in [-0.25, -0.2) is 0 Å². The molecule has 3 rings (SSSR count). The highest BCUT2D eigenvalue weighted by Gasteiger charge is 2.44. The van der Waals surface area contributed by atoms with Gasteiger partial charge in [-0.15, -0.1) is 0 Å². The Bertz CT molecular complexity index is 767. The van der Waals surface area contributed by atoms with E-state index in [1.165, 1.54) is 79.9 Å². The van der Waals surface area contributed by atoms with Gasteiger partial charge in [0.25, 0.3) is 0 Å². The van der Waals surface area contributed by atoms with Crippen LogP contribution in [-0.4, -0.2) is 19.4 Å². The van der Waals surface area contributed by atoms with E-state index in [-0.39, 0.29) is 0 Å². The van der Waals surface area contributed by atoms with Crippen LogP contribution in [0.1, 0.15) is 64.7 Å². The van der Waals surface area contributed by atoms with Gasteiger partial charge in [0.05, 0.1) is 6.16 Å². The first kappa shape index (κ1) is 25.7. The Kier molecular flexibility index (Phi) is 11.7. The van der Waals surface area contributed by atoms with Gasteiger partial charge in [0.1, 0.15) is 23.2 Å². The Morgan fingerprint density at radius 1 is 0.485 bits per heavy atom. The van der Waals surface area contributed by atoms with Crippen LogP contribution in [0.5, 0.6) is 0 Å². The van der Waals surface area contributed by atoms with Crippen molar-refractivity contribution < 1.29 is 4.74 Å². The minimum atomic E-state index is -1.65. The Balaban J connectivity index is 1.59. The van der Waals surface area contributed by atoms with Crippen molar-refractivity contribution in [3.05, 3.63) is 91.0 Å². The average molecular weight is 462 g/mol. The van der Waals surface area contributed by atoms with Gasteiger partial charge < -0.3 is 4.74 Å². The van der Waals surface area contributed by atoms with E-state index in [1.807, 2.05) is 0 Å². The predicted octanol–water partition coefficient (Wildman–Crippen LogP) is 7.53. The largest absolute Gasteiger partial charge is 0.381 e. The average Bonchev–Trinajstić information content (AvgIpc) is 2.89. The van der Waals surface area contributed by atoms with Crippen molar-refractivity contribution in [3.8, 4) is 0 Å². The summed E-state index contributed by atoms with van der Waals surface area (Å²) in [4.78, 5) is 0. The Morgan fingerprint density at radius 3 is 1.33 bits per heavy atom. The standard InChI is InChI=1S/C31H42OP/c1-2-3-26-32-27-18-7-5-4-6-8-19-28-33(29-20-12-9-13-21-29,30-22-14-10-15-23-30)31-24-16-11-17-25-31/h9-17,20-25H,2-8,18-19,26-28H2,1H3/q+1. The van der Waals surface area contributed by atoms with Gasteiger partial charge in [0, 0.05) is 13.2 Å². The highest BCUT2D eigenvalue weighted by Crippen LogP contribution is 2.55. The normalized spacial score (nSPS) is 11.5. The summed E-state index contributed by atoms with van der Waals surface area (Å²) in [6.45, 7) is 4.10. The number of hydrogen-bond donors (Lipinski definition) is 0. The lowest BCUT2D eigenvalue weighted by molar-refractivity contribution is 0.127. The molecule has 0 aliphatic carbocycles. The van der Waals surface area contributed by atoms with Crippen molar-refractivity contribution in [1.82, 2.24) is 0 Å². The molecule has 0 saturated carbocycles. The van der Waals surface area contributed by atoms with Gasteiger partial charge in [0.2, 0.25) is 0 Å². The molecule has 0 spiro atoms. The van der Waals surface area contributed by atoms with E-state index in [0.29, 0.717) is 0 Å². The zero-order valence-corrected chi connectivity index (χ0v) is 21.4. The lowest BCUT2D eigenvalue weighted by Crippen LogP contribution is -2.33. The maximum absolute atomic E-state index is 5.69. The van der Waals surface area contributed by atoms with Gasteiger partial charge in [0.15, 0.2) is 0 Å². The second kappa shape index (κ2) is 15.0. The summed E-state index contributed by atoms with van der Waals surface area (Å²) >= 11 is 0. The third kappa shape index (κ3) is 7.80. The van der Waals surface area contributed by atoms with E-state index in [4.69, 9.17) is 4.74 Å². The molecule has 3 aromatic rings. The minimum absolute atomic E-state index is 0.936. The monoisotopic (exact) mass is 461 g/mol. The van der Waals surface area contributed by atoms with Crippen molar-refractivity contribution in [2.45, 2.75) is 64.7 Å². The molecule has 0 radical (unpaired) electrons. The molecule has 0 aliphatic rings. The van der Waals surface area contributed by atoms with E-state index in [0.717, 1.165) is 13.2 Å². The molecule has 33 heavy (non-hydrogen) atoms. The first-order valence-electron chi connectivity index (χ1n) is 13.0. The molecule has 3 aromatic carbocycles. The molecule has 0 fully saturated rings. The van der Waals surface area contributed by atoms with Crippen LogP contribution in [0, 0.1) is 0 Å². The van der Waals surface area contributed by atoms with Crippen LogP contribution >= 0.6 is 7.26 Å². The third-order valence-corrected chi connectivity index (χ3v) is 11.0. The fraction of sp³-hybridized carbons (Fsp3) is 0.419. The number of rotatable bonds is 16. The fourth-order valence-electron chi connectivity index (χ4n) is 4.67. The van der Waals surface area contributed by atoms with Crippen molar-refractivity contribution in [3.63, 3.8) is 0 Å². The van der Waals surface area contributed by atoms with Crippen LogP contribution in [0.15, 0.2) is 91.0 Å². The Hall–Kier alpha value is -1.95. The lowest BCUT2D eigenvalue weighted by Gasteiger charge is -2.27. The Morgan fingerprint density at radius 2 is 0.879 bits per heavy atom. The van der Waals surface area contributed by atoms with Crippen LogP contribution in [0.3, 0.4) is 0 Å². The summed E-state index contributed by atoms with van der Waals surface area (Å²) in [5.41, 5.74) is 0. The zero-order valence-electron chi connectivity index (χ0n) is 20.5. The van der Waals surface area contributed by atoms with Crippen molar-refractivity contribution in [1.29, 1.82) is 0 Å². The van der Waals surface area contributed by atoms with Crippen molar-refractivity contribution in [2.75, 3.05) is 19.4 Å². The van der Waals surface area contributed by atoms with Crippen LogP contribution < -0.4 is 15.9 Å². The molecular weight excluding hydrogens is 419 g/mol. The molecule has 0 atom stereocenters. The van der Waals surface area contributed by atoms with Crippen LogP contribution in [0.2, 0.25) is 0 Å². The van der Waals surface area contributed by atoms with Crippen molar-refractivity contribution >= 4 is 23.2 Å². The molecule has 176 valence electrons. The SMILES string of the molecule is CCCCOCCCCCCCCC[P+](c1ccccc1)(c1ccccc1)c1ccccc1. The molecule has 0 bridgehead atoms. The summed E-state index contributed by atoms with van der Waals surface area (Å²) in [6, 6.07) is 33.8. The fourth-order valence-corrected chi connectivity index (χ4v) is 9.08. The van der Waals surface area contributed by atoms with Gasteiger partial charge in [-0.2, -0.15) is 0 Å². The molecule has 0 amide bonds. The predicted molar refractivity (Wildman–Crippen MR) is 148 cm³/mol. The van der Waals surface area contributed by atoms with Gasteiger partial charge >= 0.3 is 0 Å². The third-order valence-electron chi connectivity index (χ3n) is 6.52. The molecule has 0 saturated heterocycles. The maximum atomic E-state index is 5.69. The molecule has 0 aliphatic heterocycles. The smallest absolute Gasteiger partial charge is 0.112 e. The highest BCUT2D eigenvalue weighted by molar-refractivity contribution is 7.95. The molecule has 0 unspecified atom stereocenters. The minimum Gasteiger partial charge on any atom is -0.381 e. The molecule has 0 heterocycles. The maximum Gasteiger partial charge on any atom is 0.112 e. The summed E-state index contributed by atoms with van der Waals surface area (Å²) < 4.78 is 5.69. The second-order valence-corrected chi connectivity index (χ2v) is 12.6. The Labute approximate surface area is 202 Å². The van der Waals surface area contributed by atoms with E-state index >= 15 is 0 Å². The van der Waals surface area contributed by atoms with Gasteiger partial charge in [-0.05, 0) is 62.1 Å². The van der Waals surface area contributed by atoms with Crippen LogP contribution in [0.4, 0.5) is 0 Å². The van der Waals surface area contributed by atoms with E-state index in [1.54, 1.807) is 0 Å². The summed E-state index contributed by atoms with van der Waals surface area (Å²) in [5, 5.41) is 4.52. The topological polar surface area (TPSA) is 9.23 Å².